The lowest BCUT2D eigenvalue weighted by Gasteiger charge is -2.18. The molecule has 0 radical (unpaired) electrons. The maximum Gasteiger partial charge on any atom is 0.262 e. The molecule has 7 heteroatoms. The van der Waals surface area contributed by atoms with Crippen molar-refractivity contribution < 1.29 is 0 Å². The van der Waals surface area contributed by atoms with Gasteiger partial charge in [0.1, 0.15) is 5.82 Å². The van der Waals surface area contributed by atoms with Gasteiger partial charge in [-0.05, 0) is 43.5 Å². The van der Waals surface area contributed by atoms with E-state index in [1.165, 1.54) is 11.8 Å². The number of rotatable bonds is 4. The number of aryl methyl sites for hydroxylation is 1. The third-order valence-electron chi connectivity index (χ3n) is 5.79. The Hall–Kier alpha value is -2.93. The number of hydrogen-bond acceptors (Lipinski definition) is 5. The van der Waals surface area contributed by atoms with Gasteiger partial charge in [-0.2, -0.15) is 0 Å². The first-order valence-corrected chi connectivity index (χ1v) is 11.2. The molecule has 0 spiro atoms. The first-order chi connectivity index (χ1) is 14.6. The Bertz CT molecular complexity index is 1370. The summed E-state index contributed by atoms with van der Waals surface area (Å²) in [6.45, 7) is 1.95. The zero-order valence-corrected chi connectivity index (χ0v) is 17.5. The van der Waals surface area contributed by atoms with E-state index in [1.807, 2.05) is 47.9 Å². The number of nitrogens with zero attached hydrogens (tertiary/aromatic N) is 3. The Kier molecular flexibility index (Phi) is 4.90. The lowest BCUT2D eigenvalue weighted by molar-refractivity contribution is 0.457. The molecular formula is C23H22N4O2S. The monoisotopic (exact) mass is 418 g/mol. The Morgan fingerprint density at radius 2 is 1.80 bits per heavy atom. The van der Waals surface area contributed by atoms with Gasteiger partial charge in [-0.3, -0.25) is 14.2 Å². The van der Waals surface area contributed by atoms with Gasteiger partial charge in [0.05, 0.1) is 27.6 Å². The molecule has 1 aliphatic carbocycles. The molecule has 4 aromatic rings. The van der Waals surface area contributed by atoms with Crippen molar-refractivity contribution in [2.45, 2.75) is 49.6 Å². The smallest absolute Gasteiger partial charge is 0.262 e. The van der Waals surface area contributed by atoms with E-state index in [0.29, 0.717) is 33.0 Å². The van der Waals surface area contributed by atoms with Crippen LogP contribution < -0.4 is 11.1 Å². The summed E-state index contributed by atoms with van der Waals surface area (Å²) in [6.07, 6.45) is 4.26. The van der Waals surface area contributed by atoms with Crippen molar-refractivity contribution in [3.8, 4) is 0 Å². The lowest BCUT2D eigenvalue weighted by atomic mass is 10.1. The van der Waals surface area contributed by atoms with Crippen LogP contribution >= 0.6 is 11.8 Å². The summed E-state index contributed by atoms with van der Waals surface area (Å²) >= 11 is 1.46. The van der Waals surface area contributed by atoms with Crippen LogP contribution in [0.4, 0.5) is 0 Å². The van der Waals surface area contributed by atoms with Gasteiger partial charge in [0.15, 0.2) is 5.16 Å². The molecule has 1 fully saturated rings. The minimum atomic E-state index is -0.140. The number of benzene rings is 2. The topological polar surface area (TPSA) is 80.6 Å². The average molecular weight is 419 g/mol. The summed E-state index contributed by atoms with van der Waals surface area (Å²) in [5.74, 6) is 1.03. The molecule has 0 bridgehead atoms. The van der Waals surface area contributed by atoms with Crippen LogP contribution in [0.15, 0.2) is 57.2 Å². The van der Waals surface area contributed by atoms with Gasteiger partial charge in [-0.15, -0.1) is 0 Å². The molecule has 0 saturated heterocycles. The summed E-state index contributed by atoms with van der Waals surface area (Å²) in [7, 11) is 0. The maximum atomic E-state index is 13.3. The summed E-state index contributed by atoms with van der Waals surface area (Å²) in [5, 5.41) is 1.94. The maximum absolute atomic E-state index is 13.3. The highest BCUT2D eigenvalue weighted by atomic mass is 32.2. The van der Waals surface area contributed by atoms with Gasteiger partial charge < -0.3 is 4.98 Å². The van der Waals surface area contributed by atoms with Crippen molar-refractivity contribution in [2.24, 2.45) is 0 Å². The number of aromatic nitrogens is 4. The van der Waals surface area contributed by atoms with E-state index in [-0.39, 0.29) is 17.2 Å². The molecule has 0 atom stereocenters. The molecule has 2 aromatic heterocycles. The van der Waals surface area contributed by atoms with Gasteiger partial charge >= 0.3 is 0 Å². The van der Waals surface area contributed by atoms with Crippen molar-refractivity contribution in [3.63, 3.8) is 0 Å². The predicted molar refractivity (Wildman–Crippen MR) is 120 cm³/mol. The molecule has 1 aliphatic rings. The number of thioether (sulfide) groups is 1. The standard InChI is InChI=1S/C23H22N4O2S/c1-14-7-6-11-17-20(14)25-19(26-21(17)28)13-30-23-24-18-12-5-4-10-16(18)22(29)27(23)15-8-2-3-9-15/h4-7,10-12,15H,2-3,8-9,13H2,1H3,(H,25,26,28). The van der Waals surface area contributed by atoms with Crippen molar-refractivity contribution >= 4 is 33.6 Å². The predicted octanol–water partition coefficient (Wildman–Crippen LogP) is 4.35. The molecule has 1 saturated carbocycles. The second kappa shape index (κ2) is 7.72. The summed E-state index contributed by atoms with van der Waals surface area (Å²) < 4.78 is 1.87. The highest BCUT2D eigenvalue weighted by molar-refractivity contribution is 7.98. The van der Waals surface area contributed by atoms with Crippen LogP contribution in [0.1, 0.15) is 43.1 Å². The van der Waals surface area contributed by atoms with Crippen molar-refractivity contribution in [3.05, 3.63) is 74.6 Å². The fourth-order valence-electron chi connectivity index (χ4n) is 4.26. The van der Waals surface area contributed by atoms with Gasteiger partial charge in [0, 0.05) is 6.04 Å². The van der Waals surface area contributed by atoms with Crippen molar-refractivity contribution in [1.82, 2.24) is 19.5 Å². The van der Waals surface area contributed by atoms with E-state index < -0.39 is 0 Å². The van der Waals surface area contributed by atoms with E-state index in [2.05, 4.69) is 9.97 Å². The lowest BCUT2D eigenvalue weighted by Crippen LogP contribution is -2.26. The van der Waals surface area contributed by atoms with Crippen LogP contribution in [0, 0.1) is 6.92 Å². The van der Waals surface area contributed by atoms with E-state index >= 15 is 0 Å². The zero-order chi connectivity index (χ0) is 20.7. The minimum absolute atomic E-state index is 0.0193. The summed E-state index contributed by atoms with van der Waals surface area (Å²) in [4.78, 5) is 38.1. The summed E-state index contributed by atoms with van der Waals surface area (Å²) in [6, 6.07) is 13.3. The van der Waals surface area contributed by atoms with Crippen LogP contribution in [0.2, 0.25) is 0 Å². The number of H-pyrrole nitrogens is 1. The molecule has 2 aromatic carbocycles. The second-order valence-corrected chi connectivity index (χ2v) is 8.74. The average Bonchev–Trinajstić information content (AvgIpc) is 3.27. The molecule has 0 aliphatic heterocycles. The molecule has 30 heavy (non-hydrogen) atoms. The number of nitrogens with one attached hydrogen (secondary N) is 1. The SMILES string of the molecule is Cc1cccc2c(=O)[nH]c(CSc3nc4ccccc4c(=O)n3C3CCCC3)nc12. The number of aromatic amines is 1. The molecule has 0 unspecified atom stereocenters. The molecule has 5 rings (SSSR count). The third kappa shape index (κ3) is 3.33. The molecule has 2 heterocycles. The fraction of sp³-hybridized carbons (Fsp3) is 0.304. The fourth-order valence-corrected chi connectivity index (χ4v) is 5.20. The summed E-state index contributed by atoms with van der Waals surface area (Å²) in [5.41, 5.74) is 2.27. The first-order valence-electron chi connectivity index (χ1n) is 10.2. The Morgan fingerprint density at radius 3 is 2.63 bits per heavy atom. The normalized spacial score (nSPS) is 14.7. The van der Waals surface area contributed by atoms with Gasteiger partial charge in [0.25, 0.3) is 11.1 Å². The first kappa shape index (κ1) is 19.1. The largest absolute Gasteiger partial charge is 0.309 e. The quantitative estimate of drug-likeness (QED) is 0.394. The highest BCUT2D eigenvalue weighted by Crippen LogP contribution is 2.32. The van der Waals surface area contributed by atoms with Crippen molar-refractivity contribution in [1.29, 1.82) is 0 Å². The van der Waals surface area contributed by atoms with E-state index in [4.69, 9.17) is 4.98 Å². The van der Waals surface area contributed by atoms with E-state index in [9.17, 15) is 9.59 Å². The van der Waals surface area contributed by atoms with Crippen LogP contribution in [-0.4, -0.2) is 19.5 Å². The van der Waals surface area contributed by atoms with Crippen LogP contribution in [0.5, 0.6) is 0 Å². The third-order valence-corrected chi connectivity index (χ3v) is 6.75. The number of fused-ring (bicyclic) bond motifs is 2. The van der Waals surface area contributed by atoms with E-state index in [0.717, 1.165) is 36.8 Å². The van der Waals surface area contributed by atoms with Crippen LogP contribution in [-0.2, 0) is 5.75 Å². The van der Waals surface area contributed by atoms with Crippen LogP contribution in [0.25, 0.3) is 21.8 Å². The molecule has 152 valence electrons. The second-order valence-electron chi connectivity index (χ2n) is 7.80. The zero-order valence-electron chi connectivity index (χ0n) is 16.7. The molecule has 6 nitrogen and oxygen atoms in total. The van der Waals surface area contributed by atoms with E-state index in [1.54, 1.807) is 6.07 Å². The Morgan fingerprint density at radius 1 is 1.03 bits per heavy atom. The highest BCUT2D eigenvalue weighted by Gasteiger charge is 2.23. The molecular weight excluding hydrogens is 396 g/mol. The minimum Gasteiger partial charge on any atom is -0.309 e. The van der Waals surface area contributed by atoms with Crippen LogP contribution in [0.3, 0.4) is 0 Å². The number of hydrogen-bond donors (Lipinski definition) is 1. The molecule has 0 amide bonds. The van der Waals surface area contributed by atoms with Gasteiger partial charge in [-0.25, -0.2) is 9.97 Å². The van der Waals surface area contributed by atoms with Crippen molar-refractivity contribution in [2.75, 3.05) is 0 Å². The number of para-hydroxylation sites is 2. The Balaban J connectivity index is 1.56. The van der Waals surface area contributed by atoms with Gasteiger partial charge in [0.2, 0.25) is 0 Å². The molecule has 1 N–H and O–H groups in total. The Labute approximate surface area is 177 Å². The van der Waals surface area contributed by atoms with Gasteiger partial charge in [-0.1, -0.05) is 48.9 Å².